The van der Waals surface area contributed by atoms with E-state index in [-0.39, 0.29) is 18.4 Å². The number of carbonyl (C=O) groups excluding carboxylic acids is 2. The van der Waals surface area contributed by atoms with E-state index in [4.69, 9.17) is 9.47 Å². The van der Waals surface area contributed by atoms with Crippen LogP contribution in [0.25, 0.3) is 0 Å². The van der Waals surface area contributed by atoms with Crippen molar-refractivity contribution < 1.29 is 24.2 Å². The highest BCUT2D eigenvalue weighted by atomic mass is 16.5. The molecule has 1 heterocycles. The Morgan fingerprint density at radius 2 is 1.67 bits per heavy atom. The number of carbonyl (C=O) groups is 2. The van der Waals surface area contributed by atoms with Gasteiger partial charge < -0.3 is 30.1 Å². The zero-order valence-electron chi connectivity index (χ0n) is 22.6. The Labute approximate surface area is 229 Å². The summed E-state index contributed by atoms with van der Waals surface area (Å²) in [5.41, 5.74) is 3.91. The number of aliphatic hydroxyl groups is 1. The number of nitrogens with zero attached hydrogens (tertiary/aromatic N) is 2. The van der Waals surface area contributed by atoms with E-state index in [1.807, 2.05) is 50.2 Å². The number of anilines is 3. The fraction of sp³-hybridized carbons (Fsp3) is 0.333. The van der Waals surface area contributed by atoms with Gasteiger partial charge in [0.05, 0.1) is 13.2 Å². The van der Waals surface area contributed by atoms with Gasteiger partial charge in [0.15, 0.2) is 0 Å². The summed E-state index contributed by atoms with van der Waals surface area (Å²) in [6.45, 7) is 5.45. The zero-order valence-corrected chi connectivity index (χ0v) is 22.6. The van der Waals surface area contributed by atoms with Crippen molar-refractivity contribution >= 4 is 28.9 Å². The topological polar surface area (TPSA) is 103 Å². The summed E-state index contributed by atoms with van der Waals surface area (Å²) in [6.07, 6.45) is -0.647. The molecule has 9 nitrogen and oxygen atoms in total. The number of nitrogens with one attached hydrogen (secondary N) is 2. The molecule has 1 fully saturated rings. The van der Waals surface area contributed by atoms with Crippen molar-refractivity contribution in [3.05, 3.63) is 83.4 Å². The molecular weight excluding hydrogens is 496 g/mol. The van der Waals surface area contributed by atoms with E-state index in [1.165, 1.54) is 0 Å². The fourth-order valence-electron chi connectivity index (χ4n) is 4.21. The SMILES string of the molecule is Cc1ccc(NC(=O)c2cccc(N(C)C)c2)cc1NC(=O)c1cccc(OCC(O)CN2CCOCC2)c1. The molecule has 1 unspecified atom stereocenters. The molecule has 0 spiro atoms. The van der Waals surface area contributed by atoms with Gasteiger partial charge in [0, 0.05) is 61.9 Å². The van der Waals surface area contributed by atoms with Crippen LogP contribution in [0.15, 0.2) is 66.7 Å². The Morgan fingerprint density at radius 1 is 0.974 bits per heavy atom. The minimum atomic E-state index is -0.647. The van der Waals surface area contributed by atoms with E-state index in [2.05, 4.69) is 15.5 Å². The predicted molar refractivity (Wildman–Crippen MR) is 153 cm³/mol. The molecule has 2 amide bonds. The number of rotatable bonds is 10. The highest BCUT2D eigenvalue weighted by Gasteiger charge is 2.16. The minimum Gasteiger partial charge on any atom is -0.491 e. The molecule has 3 N–H and O–H groups in total. The molecule has 1 saturated heterocycles. The van der Waals surface area contributed by atoms with Crippen LogP contribution in [-0.2, 0) is 4.74 Å². The molecule has 0 saturated carbocycles. The second-order valence-corrected chi connectivity index (χ2v) is 9.79. The second-order valence-electron chi connectivity index (χ2n) is 9.79. The van der Waals surface area contributed by atoms with E-state index in [0.29, 0.717) is 48.0 Å². The van der Waals surface area contributed by atoms with Crippen LogP contribution in [0.3, 0.4) is 0 Å². The molecule has 3 aromatic carbocycles. The van der Waals surface area contributed by atoms with Crippen molar-refractivity contribution in [3.63, 3.8) is 0 Å². The molecule has 0 aromatic heterocycles. The van der Waals surface area contributed by atoms with Crippen molar-refractivity contribution in [1.29, 1.82) is 0 Å². The lowest BCUT2D eigenvalue weighted by atomic mass is 10.1. The first-order chi connectivity index (χ1) is 18.8. The minimum absolute atomic E-state index is 0.126. The van der Waals surface area contributed by atoms with Gasteiger partial charge in [-0.05, 0) is 61.0 Å². The first-order valence-corrected chi connectivity index (χ1v) is 13.0. The summed E-state index contributed by atoms with van der Waals surface area (Å²) >= 11 is 0. The van der Waals surface area contributed by atoms with E-state index in [0.717, 1.165) is 24.3 Å². The highest BCUT2D eigenvalue weighted by Crippen LogP contribution is 2.23. The lowest BCUT2D eigenvalue weighted by Crippen LogP contribution is -2.42. The molecule has 3 aromatic rings. The first kappa shape index (κ1) is 28.1. The Bertz CT molecular complexity index is 1290. The molecule has 0 bridgehead atoms. The average molecular weight is 533 g/mol. The van der Waals surface area contributed by atoms with Gasteiger partial charge in [-0.15, -0.1) is 0 Å². The van der Waals surface area contributed by atoms with Crippen LogP contribution in [0, 0.1) is 6.92 Å². The average Bonchev–Trinajstić information content (AvgIpc) is 2.94. The number of hydrogen-bond donors (Lipinski definition) is 3. The molecule has 0 aliphatic carbocycles. The number of benzene rings is 3. The van der Waals surface area contributed by atoms with Crippen molar-refractivity contribution in [2.45, 2.75) is 13.0 Å². The number of β-amino-alcohol motifs (C(OH)–C–C–N with tert-alkyl or cyclic N) is 1. The smallest absolute Gasteiger partial charge is 0.255 e. The molecule has 206 valence electrons. The highest BCUT2D eigenvalue weighted by molar-refractivity contribution is 6.07. The third-order valence-electron chi connectivity index (χ3n) is 6.48. The molecule has 1 aliphatic rings. The molecule has 4 rings (SSSR count). The van der Waals surface area contributed by atoms with Crippen LogP contribution in [-0.4, -0.2) is 81.5 Å². The van der Waals surface area contributed by atoms with Gasteiger partial charge in [0.1, 0.15) is 18.5 Å². The number of ether oxygens (including phenoxy) is 2. The van der Waals surface area contributed by atoms with Crippen LogP contribution in [0.2, 0.25) is 0 Å². The molecular formula is C30H36N4O5. The zero-order chi connectivity index (χ0) is 27.8. The maximum atomic E-state index is 13.0. The Morgan fingerprint density at radius 3 is 2.41 bits per heavy atom. The summed E-state index contributed by atoms with van der Waals surface area (Å²) in [5, 5.41) is 16.2. The Kier molecular flexibility index (Phi) is 9.54. The van der Waals surface area contributed by atoms with Crippen molar-refractivity contribution in [3.8, 4) is 5.75 Å². The van der Waals surface area contributed by atoms with Crippen molar-refractivity contribution in [1.82, 2.24) is 4.90 Å². The largest absolute Gasteiger partial charge is 0.491 e. The van der Waals surface area contributed by atoms with Gasteiger partial charge in [-0.3, -0.25) is 14.5 Å². The lowest BCUT2D eigenvalue weighted by molar-refractivity contribution is 0.00465. The maximum absolute atomic E-state index is 13.0. The number of aryl methyl sites for hydroxylation is 1. The molecule has 39 heavy (non-hydrogen) atoms. The third kappa shape index (κ3) is 8.03. The van der Waals surface area contributed by atoms with Crippen LogP contribution in [0.1, 0.15) is 26.3 Å². The van der Waals surface area contributed by atoms with Gasteiger partial charge in [0.2, 0.25) is 0 Å². The van der Waals surface area contributed by atoms with Gasteiger partial charge in [0.25, 0.3) is 11.8 Å². The normalized spacial score (nSPS) is 14.4. The van der Waals surface area contributed by atoms with Crippen LogP contribution in [0.5, 0.6) is 5.75 Å². The summed E-state index contributed by atoms with van der Waals surface area (Å²) in [6, 6.07) is 19.6. The van der Waals surface area contributed by atoms with E-state index < -0.39 is 6.10 Å². The number of morpholine rings is 1. The molecule has 1 aliphatic heterocycles. The maximum Gasteiger partial charge on any atom is 0.255 e. The lowest BCUT2D eigenvalue weighted by Gasteiger charge is -2.28. The van der Waals surface area contributed by atoms with Gasteiger partial charge >= 0.3 is 0 Å². The molecule has 0 radical (unpaired) electrons. The predicted octanol–water partition coefficient (Wildman–Crippen LogP) is 3.64. The summed E-state index contributed by atoms with van der Waals surface area (Å²) in [5.74, 6) is -0.0403. The second kappa shape index (κ2) is 13.2. The van der Waals surface area contributed by atoms with E-state index in [9.17, 15) is 14.7 Å². The van der Waals surface area contributed by atoms with E-state index in [1.54, 1.807) is 42.5 Å². The summed E-state index contributed by atoms with van der Waals surface area (Å²) in [7, 11) is 3.84. The summed E-state index contributed by atoms with van der Waals surface area (Å²) in [4.78, 5) is 30.0. The van der Waals surface area contributed by atoms with Crippen molar-refractivity contribution in [2.75, 3.05) is 69.1 Å². The monoisotopic (exact) mass is 532 g/mol. The molecule has 1 atom stereocenters. The van der Waals surface area contributed by atoms with Crippen LogP contribution >= 0.6 is 0 Å². The van der Waals surface area contributed by atoms with Gasteiger partial charge in [-0.1, -0.05) is 18.2 Å². The van der Waals surface area contributed by atoms with Crippen molar-refractivity contribution in [2.24, 2.45) is 0 Å². The quantitative estimate of drug-likeness (QED) is 0.366. The van der Waals surface area contributed by atoms with Gasteiger partial charge in [-0.25, -0.2) is 0 Å². The van der Waals surface area contributed by atoms with Crippen LogP contribution in [0.4, 0.5) is 17.1 Å². The van der Waals surface area contributed by atoms with Gasteiger partial charge in [-0.2, -0.15) is 0 Å². The number of aliphatic hydroxyl groups excluding tert-OH is 1. The number of amides is 2. The summed E-state index contributed by atoms with van der Waals surface area (Å²) < 4.78 is 11.1. The van der Waals surface area contributed by atoms with E-state index >= 15 is 0 Å². The third-order valence-corrected chi connectivity index (χ3v) is 6.48. The first-order valence-electron chi connectivity index (χ1n) is 13.0. The Balaban J connectivity index is 1.36. The Hall–Kier alpha value is -3.92. The fourth-order valence-corrected chi connectivity index (χ4v) is 4.21. The molecule has 9 heteroatoms. The standard InChI is InChI=1S/C30H36N4O5/c1-21-10-11-24(31-29(36)22-6-4-8-25(16-22)33(2)3)18-28(21)32-30(37)23-7-5-9-27(17-23)39-20-26(35)19-34-12-14-38-15-13-34/h4-11,16-18,26,35H,12-15,19-20H2,1-3H3,(H,31,36)(H,32,37). The van der Waals surface area contributed by atoms with Crippen LogP contribution < -0.4 is 20.3 Å². The number of hydrogen-bond acceptors (Lipinski definition) is 7.